The predicted octanol–water partition coefficient (Wildman–Crippen LogP) is 3.06. The Morgan fingerprint density at radius 1 is 1.24 bits per heavy atom. The van der Waals surface area contributed by atoms with Crippen LogP contribution in [0.2, 0.25) is 0 Å². The van der Waals surface area contributed by atoms with Crippen LogP contribution in [0.5, 0.6) is 0 Å². The summed E-state index contributed by atoms with van der Waals surface area (Å²) < 4.78 is 1.18. The van der Waals surface area contributed by atoms with Crippen molar-refractivity contribution in [3.63, 3.8) is 0 Å². The van der Waals surface area contributed by atoms with Crippen molar-refractivity contribution in [3.05, 3.63) is 51.9 Å². The van der Waals surface area contributed by atoms with E-state index in [4.69, 9.17) is 18.0 Å². The van der Waals surface area contributed by atoms with Crippen LogP contribution >= 0.6 is 34.8 Å². The summed E-state index contributed by atoms with van der Waals surface area (Å²) >= 11 is 7.17. The van der Waals surface area contributed by atoms with Crippen molar-refractivity contribution < 1.29 is 0 Å². The molecule has 0 radical (unpaired) electrons. The van der Waals surface area contributed by atoms with Crippen LogP contribution in [0.25, 0.3) is 0 Å². The molecule has 0 aliphatic heterocycles. The molecule has 86 valence electrons. The summed E-state index contributed by atoms with van der Waals surface area (Å²) in [5.74, 6) is 0. The summed E-state index contributed by atoms with van der Waals surface area (Å²) in [6.07, 6.45) is 1.69. The van der Waals surface area contributed by atoms with E-state index in [1.807, 2.05) is 30.3 Å². The summed E-state index contributed by atoms with van der Waals surface area (Å²) in [5, 5.41) is 3.28. The highest BCUT2D eigenvalue weighted by Crippen LogP contribution is 2.18. The Morgan fingerprint density at radius 2 is 2.00 bits per heavy atom. The number of thiocarbonyl (C=S) groups is 1. The van der Waals surface area contributed by atoms with E-state index < -0.39 is 0 Å². The fourth-order valence-electron chi connectivity index (χ4n) is 1.38. The van der Waals surface area contributed by atoms with Gasteiger partial charge < -0.3 is 11.1 Å². The van der Waals surface area contributed by atoms with Gasteiger partial charge in [-0.05, 0) is 52.9 Å². The lowest BCUT2D eigenvalue weighted by atomic mass is 10.2. The summed E-state index contributed by atoms with van der Waals surface area (Å²) in [6, 6.07) is 11.8. The van der Waals surface area contributed by atoms with Crippen molar-refractivity contribution in [2.45, 2.75) is 0 Å². The Bertz CT molecular complexity index is 557. The van der Waals surface area contributed by atoms with Crippen molar-refractivity contribution in [1.82, 2.24) is 4.98 Å². The molecule has 0 atom stereocenters. The van der Waals surface area contributed by atoms with Gasteiger partial charge in [0.15, 0.2) is 0 Å². The van der Waals surface area contributed by atoms with Crippen LogP contribution in [0.3, 0.4) is 0 Å². The Balaban J connectivity index is 2.24. The van der Waals surface area contributed by atoms with Crippen LogP contribution in [0.15, 0.2) is 42.6 Å². The van der Waals surface area contributed by atoms with Gasteiger partial charge in [-0.3, -0.25) is 4.98 Å². The van der Waals surface area contributed by atoms with E-state index >= 15 is 0 Å². The lowest BCUT2D eigenvalue weighted by Gasteiger charge is -2.07. The highest BCUT2D eigenvalue weighted by atomic mass is 127. The number of nitrogens with one attached hydrogen (secondary N) is 1. The van der Waals surface area contributed by atoms with Crippen molar-refractivity contribution in [3.8, 4) is 0 Å². The zero-order valence-corrected chi connectivity index (χ0v) is 11.8. The summed E-state index contributed by atoms with van der Waals surface area (Å²) in [4.78, 5) is 4.39. The van der Waals surface area contributed by atoms with E-state index in [-0.39, 0.29) is 0 Å². The molecule has 0 saturated heterocycles. The first-order valence-corrected chi connectivity index (χ1v) is 6.42. The van der Waals surface area contributed by atoms with Crippen LogP contribution < -0.4 is 11.1 Å². The van der Waals surface area contributed by atoms with Crippen LogP contribution in [0.4, 0.5) is 11.4 Å². The normalized spacial score (nSPS) is 9.94. The molecule has 0 fully saturated rings. The number of benzene rings is 1. The molecule has 0 aliphatic carbocycles. The Labute approximate surface area is 119 Å². The first kappa shape index (κ1) is 12.3. The molecule has 1 heterocycles. The number of aromatic nitrogens is 1. The Kier molecular flexibility index (Phi) is 3.90. The molecule has 5 heteroatoms. The van der Waals surface area contributed by atoms with E-state index in [2.05, 4.69) is 39.0 Å². The van der Waals surface area contributed by atoms with E-state index in [1.165, 1.54) is 3.57 Å². The van der Waals surface area contributed by atoms with Gasteiger partial charge in [0, 0.05) is 21.1 Å². The molecular formula is C12H10IN3S. The molecule has 0 aliphatic rings. The van der Waals surface area contributed by atoms with Crippen molar-refractivity contribution >= 4 is 51.2 Å². The maximum atomic E-state index is 5.54. The van der Waals surface area contributed by atoms with Gasteiger partial charge in [-0.2, -0.15) is 0 Å². The van der Waals surface area contributed by atoms with Gasteiger partial charge in [0.2, 0.25) is 0 Å². The molecular weight excluding hydrogens is 345 g/mol. The lowest BCUT2D eigenvalue weighted by molar-refractivity contribution is 1.29. The number of hydrogen-bond donors (Lipinski definition) is 2. The molecule has 0 amide bonds. The van der Waals surface area contributed by atoms with Crippen LogP contribution in [-0.2, 0) is 0 Å². The maximum absolute atomic E-state index is 5.54. The van der Waals surface area contributed by atoms with E-state index in [0.717, 1.165) is 11.4 Å². The Hall–Kier alpha value is -1.21. The molecule has 1 aromatic heterocycles. The number of nitrogens with two attached hydrogens (primary N) is 1. The third-order valence-electron chi connectivity index (χ3n) is 2.13. The molecule has 0 saturated carbocycles. The fraction of sp³-hybridized carbons (Fsp3) is 0. The van der Waals surface area contributed by atoms with Gasteiger partial charge in [-0.1, -0.05) is 18.3 Å². The largest absolute Gasteiger partial charge is 0.388 e. The highest BCUT2D eigenvalue weighted by molar-refractivity contribution is 14.1. The summed E-state index contributed by atoms with van der Waals surface area (Å²) in [7, 11) is 0. The quantitative estimate of drug-likeness (QED) is 0.656. The SMILES string of the molecule is NC(=S)c1cc(Nc2cccc(I)c2)ccn1. The highest BCUT2D eigenvalue weighted by Gasteiger charge is 2.00. The predicted molar refractivity (Wildman–Crippen MR) is 82.6 cm³/mol. The second kappa shape index (κ2) is 5.42. The third-order valence-corrected chi connectivity index (χ3v) is 3.01. The van der Waals surface area contributed by atoms with Gasteiger partial charge in [0.1, 0.15) is 4.99 Å². The van der Waals surface area contributed by atoms with Gasteiger partial charge in [0.05, 0.1) is 5.69 Å². The van der Waals surface area contributed by atoms with Gasteiger partial charge in [-0.25, -0.2) is 0 Å². The second-order valence-electron chi connectivity index (χ2n) is 3.43. The minimum atomic E-state index is 0.302. The minimum Gasteiger partial charge on any atom is -0.388 e. The molecule has 0 bridgehead atoms. The average Bonchev–Trinajstić information content (AvgIpc) is 2.29. The van der Waals surface area contributed by atoms with Crippen LogP contribution in [-0.4, -0.2) is 9.97 Å². The van der Waals surface area contributed by atoms with Gasteiger partial charge in [0.25, 0.3) is 0 Å². The monoisotopic (exact) mass is 355 g/mol. The topological polar surface area (TPSA) is 50.9 Å². The molecule has 17 heavy (non-hydrogen) atoms. The molecule has 0 unspecified atom stereocenters. The summed E-state index contributed by atoms with van der Waals surface area (Å²) in [5.41, 5.74) is 8.11. The second-order valence-corrected chi connectivity index (χ2v) is 5.11. The van der Waals surface area contributed by atoms with Crippen molar-refractivity contribution in [2.75, 3.05) is 5.32 Å². The summed E-state index contributed by atoms with van der Waals surface area (Å²) in [6.45, 7) is 0. The average molecular weight is 355 g/mol. The van der Waals surface area contributed by atoms with Crippen molar-refractivity contribution in [1.29, 1.82) is 0 Å². The van der Waals surface area contributed by atoms with E-state index in [9.17, 15) is 0 Å². The van der Waals surface area contributed by atoms with Gasteiger partial charge >= 0.3 is 0 Å². The molecule has 1 aromatic carbocycles. The Morgan fingerprint density at radius 3 is 2.71 bits per heavy atom. The minimum absolute atomic E-state index is 0.302. The lowest BCUT2D eigenvalue weighted by Crippen LogP contribution is -2.11. The molecule has 2 rings (SSSR count). The first-order chi connectivity index (χ1) is 8.15. The first-order valence-electron chi connectivity index (χ1n) is 4.93. The van der Waals surface area contributed by atoms with Crippen LogP contribution in [0, 0.1) is 3.57 Å². The number of pyridine rings is 1. The zero-order valence-electron chi connectivity index (χ0n) is 8.85. The number of hydrogen-bond acceptors (Lipinski definition) is 3. The van der Waals surface area contributed by atoms with Crippen LogP contribution in [0.1, 0.15) is 5.69 Å². The molecule has 3 nitrogen and oxygen atoms in total. The third kappa shape index (κ3) is 3.37. The molecule has 3 N–H and O–H groups in total. The number of rotatable bonds is 3. The van der Waals surface area contributed by atoms with Crippen molar-refractivity contribution in [2.24, 2.45) is 5.73 Å². The van der Waals surface area contributed by atoms with E-state index in [1.54, 1.807) is 6.20 Å². The van der Waals surface area contributed by atoms with E-state index in [0.29, 0.717) is 10.7 Å². The standard InChI is InChI=1S/C12H10IN3S/c13-8-2-1-3-9(6-8)16-10-4-5-15-11(7-10)12(14)17/h1-7H,(H2,14,17)(H,15,16). The fourth-order valence-corrected chi connectivity index (χ4v) is 2.03. The molecule has 0 spiro atoms. The number of anilines is 2. The number of halogens is 1. The zero-order chi connectivity index (χ0) is 12.3. The van der Waals surface area contributed by atoms with Gasteiger partial charge in [-0.15, -0.1) is 0 Å². The molecule has 2 aromatic rings. The number of nitrogens with zero attached hydrogens (tertiary/aromatic N) is 1. The maximum Gasteiger partial charge on any atom is 0.122 e. The smallest absolute Gasteiger partial charge is 0.122 e.